The van der Waals surface area contributed by atoms with Crippen LogP contribution in [0.4, 0.5) is 0 Å². The van der Waals surface area contributed by atoms with Gasteiger partial charge < -0.3 is 20.2 Å². The van der Waals surface area contributed by atoms with E-state index in [2.05, 4.69) is 4.98 Å². The van der Waals surface area contributed by atoms with Crippen LogP contribution in [-0.2, 0) is 6.42 Å². The van der Waals surface area contributed by atoms with Crippen LogP contribution < -0.4 is 15.2 Å². The molecule has 0 amide bonds. The largest absolute Gasteiger partial charge is 0.496 e. The Hall–Kier alpha value is -1.68. The minimum absolute atomic E-state index is 0.201. The number of nitrogens with one attached hydrogen (secondary N) is 1. The summed E-state index contributed by atoms with van der Waals surface area (Å²) in [6.45, 7) is 2.02. The van der Waals surface area contributed by atoms with Crippen molar-refractivity contribution in [3.05, 3.63) is 23.9 Å². The Balaban J connectivity index is 2.48. The van der Waals surface area contributed by atoms with Gasteiger partial charge >= 0.3 is 0 Å². The highest BCUT2D eigenvalue weighted by Crippen LogP contribution is 2.35. The van der Waals surface area contributed by atoms with Gasteiger partial charge in [0.1, 0.15) is 11.5 Å². The summed E-state index contributed by atoms with van der Waals surface area (Å²) in [4.78, 5) is 3.26. The van der Waals surface area contributed by atoms with E-state index in [0.717, 1.165) is 35.2 Å². The van der Waals surface area contributed by atoms with E-state index in [9.17, 15) is 0 Å². The van der Waals surface area contributed by atoms with Crippen molar-refractivity contribution in [2.75, 3.05) is 14.2 Å². The van der Waals surface area contributed by atoms with Gasteiger partial charge in [0.2, 0.25) is 0 Å². The summed E-state index contributed by atoms with van der Waals surface area (Å²) in [5.74, 6) is 1.70. The first-order valence-corrected chi connectivity index (χ1v) is 6.14. The lowest BCUT2D eigenvalue weighted by Gasteiger charge is -2.08. The number of benzene rings is 1. The number of aryl methyl sites for hydroxylation is 1. The lowest BCUT2D eigenvalue weighted by atomic mass is 10.0. The number of methoxy groups -OCH3 is 2. The molecule has 2 rings (SSSR count). The van der Waals surface area contributed by atoms with E-state index in [4.69, 9.17) is 15.2 Å². The minimum atomic E-state index is 0.201. The normalized spacial score (nSPS) is 12.7. The maximum atomic E-state index is 5.81. The molecule has 0 aliphatic rings. The van der Waals surface area contributed by atoms with E-state index in [-0.39, 0.29) is 6.04 Å². The van der Waals surface area contributed by atoms with E-state index in [1.807, 2.05) is 25.3 Å². The number of aromatic amines is 1. The molecule has 0 spiro atoms. The first-order chi connectivity index (χ1) is 8.67. The van der Waals surface area contributed by atoms with Gasteiger partial charge in [-0.25, -0.2) is 0 Å². The average Bonchev–Trinajstić information content (AvgIpc) is 2.79. The zero-order chi connectivity index (χ0) is 13.1. The van der Waals surface area contributed by atoms with Crippen LogP contribution in [0.2, 0.25) is 0 Å². The molecule has 0 saturated carbocycles. The Morgan fingerprint density at radius 3 is 2.50 bits per heavy atom. The molecular weight excluding hydrogens is 228 g/mol. The zero-order valence-electron chi connectivity index (χ0n) is 11.1. The Morgan fingerprint density at radius 2 is 1.89 bits per heavy atom. The van der Waals surface area contributed by atoms with Crippen molar-refractivity contribution in [1.82, 2.24) is 4.98 Å². The van der Waals surface area contributed by atoms with Crippen molar-refractivity contribution in [2.45, 2.75) is 25.8 Å². The molecule has 4 heteroatoms. The highest BCUT2D eigenvalue weighted by molar-refractivity contribution is 5.93. The third kappa shape index (κ3) is 2.29. The summed E-state index contributed by atoms with van der Waals surface area (Å²) in [5.41, 5.74) is 8.02. The predicted octanol–water partition coefficient (Wildman–Crippen LogP) is 2.46. The van der Waals surface area contributed by atoms with Crippen LogP contribution in [-0.4, -0.2) is 25.2 Å². The molecule has 0 radical (unpaired) electrons. The summed E-state index contributed by atoms with van der Waals surface area (Å²) in [7, 11) is 3.35. The van der Waals surface area contributed by atoms with Gasteiger partial charge in [-0.1, -0.05) is 0 Å². The van der Waals surface area contributed by atoms with Gasteiger partial charge in [-0.15, -0.1) is 0 Å². The molecule has 0 saturated heterocycles. The van der Waals surface area contributed by atoms with Crippen molar-refractivity contribution in [3.63, 3.8) is 0 Å². The first-order valence-electron chi connectivity index (χ1n) is 6.14. The summed E-state index contributed by atoms with van der Waals surface area (Å²) in [6, 6.07) is 4.05. The number of hydrogen-bond acceptors (Lipinski definition) is 3. The second kappa shape index (κ2) is 5.31. The summed E-state index contributed by atoms with van der Waals surface area (Å²) < 4.78 is 10.8. The van der Waals surface area contributed by atoms with E-state index >= 15 is 0 Å². The van der Waals surface area contributed by atoms with Crippen molar-refractivity contribution in [2.24, 2.45) is 5.73 Å². The molecule has 0 bridgehead atoms. The zero-order valence-corrected chi connectivity index (χ0v) is 11.1. The smallest absolute Gasteiger partial charge is 0.143 e. The maximum absolute atomic E-state index is 5.81. The molecule has 0 aliphatic carbocycles. The average molecular weight is 248 g/mol. The number of hydrogen-bond donors (Lipinski definition) is 2. The third-order valence-corrected chi connectivity index (χ3v) is 3.15. The topological polar surface area (TPSA) is 60.3 Å². The molecule has 1 aromatic carbocycles. The molecule has 1 aromatic heterocycles. The number of ether oxygens (including phenoxy) is 2. The van der Waals surface area contributed by atoms with E-state index in [0.29, 0.717) is 0 Å². The highest BCUT2D eigenvalue weighted by atomic mass is 16.5. The molecule has 1 atom stereocenters. The van der Waals surface area contributed by atoms with Gasteiger partial charge in [-0.2, -0.15) is 0 Å². The molecule has 0 fully saturated rings. The van der Waals surface area contributed by atoms with Crippen molar-refractivity contribution < 1.29 is 9.47 Å². The fourth-order valence-corrected chi connectivity index (χ4v) is 2.18. The van der Waals surface area contributed by atoms with Crippen LogP contribution in [0, 0.1) is 0 Å². The van der Waals surface area contributed by atoms with Gasteiger partial charge in [0.05, 0.1) is 19.7 Å². The predicted molar refractivity (Wildman–Crippen MR) is 73.4 cm³/mol. The van der Waals surface area contributed by atoms with Gasteiger partial charge in [-0.3, -0.25) is 0 Å². The van der Waals surface area contributed by atoms with Crippen LogP contribution in [0.1, 0.15) is 18.9 Å². The van der Waals surface area contributed by atoms with Crippen LogP contribution in [0.5, 0.6) is 11.5 Å². The standard InChI is InChI=1S/C14H20N2O2/c1-9(15)4-5-10-8-16-14-12(18-3)7-6-11(17-2)13(10)14/h6-9,16H,4-5,15H2,1-3H3. The van der Waals surface area contributed by atoms with Gasteiger partial charge in [-0.05, 0) is 37.5 Å². The van der Waals surface area contributed by atoms with Crippen molar-refractivity contribution in [3.8, 4) is 11.5 Å². The van der Waals surface area contributed by atoms with Gasteiger partial charge in [0.15, 0.2) is 0 Å². The minimum Gasteiger partial charge on any atom is -0.496 e. The van der Waals surface area contributed by atoms with Crippen LogP contribution in [0.25, 0.3) is 10.9 Å². The summed E-state index contributed by atoms with van der Waals surface area (Å²) in [6.07, 6.45) is 3.90. The number of H-pyrrole nitrogens is 1. The number of fused-ring (bicyclic) bond motifs is 1. The quantitative estimate of drug-likeness (QED) is 0.854. The molecule has 98 valence electrons. The molecular formula is C14H20N2O2. The summed E-state index contributed by atoms with van der Waals surface area (Å²) >= 11 is 0. The Bertz CT molecular complexity index is 532. The number of rotatable bonds is 5. The van der Waals surface area contributed by atoms with E-state index in [1.54, 1.807) is 14.2 Å². The van der Waals surface area contributed by atoms with Gasteiger partial charge in [0.25, 0.3) is 0 Å². The third-order valence-electron chi connectivity index (χ3n) is 3.15. The fourth-order valence-electron chi connectivity index (χ4n) is 2.18. The highest BCUT2D eigenvalue weighted by Gasteiger charge is 2.13. The van der Waals surface area contributed by atoms with Crippen LogP contribution in [0.3, 0.4) is 0 Å². The molecule has 1 heterocycles. The first kappa shape index (κ1) is 12.8. The fraction of sp³-hybridized carbons (Fsp3) is 0.429. The molecule has 18 heavy (non-hydrogen) atoms. The Morgan fingerprint density at radius 1 is 1.22 bits per heavy atom. The second-order valence-electron chi connectivity index (χ2n) is 4.55. The van der Waals surface area contributed by atoms with Crippen molar-refractivity contribution >= 4 is 10.9 Å². The molecule has 4 nitrogen and oxygen atoms in total. The van der Waals surface area contributed by atoms with Gasteiger partial charge in [0, 0.05) is 17.6 Å². The van der Waals surface area contributed by atoms with Crippen molar-refractivity contribution in [1.29, 1.82) is 0 Å². The second-order valence-corrected chi connectivity index (χ2v) is 4.55. The Labute approximate surface area is 107 Å². The lowest BCUT2D eigenvalue weighted by Crippen LogP contribution is -2.15. The Kier molecular flexibility index (Phi) is 3.77. The molecule has 2 aromatic rings. The lowest BCUT2D eigenvalue weighted by molar-refractivity contribution is 0.410. The molecule has 3 N–H and O–H groups in total. The number of nitrogens with two attached hydrogens (primary N) is 1. The molecule has 0 aliphatic heterocycles. The van der Waals surface area contributed by atoms with E-state index < -0.39 is 0 Å². The maximum Gasteiger partial charge on any atom is 0.143 e. The summed E-state index contributed by atoms with van der Waals surface area (Å²) in [5, 5.41) is 1.09. The van der Waals surface area contributed by atoms with E-state index in [1.165, 1.54) is 5.56 Å². The van der Waals surface area contributed by atoms with Crippen LogP contribution in [0.15, 0.2) is 18.3 Å². The number of aromatic nitrogens is 1. The van der Waals surface area contributed by atoms with Crippen LogP contribution >= 0.6 is 0 Å². The monoisotopic (exact) mass is 248 g/mol. The SMILES string of the molecule is COc1ccc(OC)c2c(CCC(C)N)c[nH]c12. The molecule has 1 unspecified atom stereocenters.